The van der Waals surface area contributed by atoms with E-state index in [1.165, 1.54) is 24.3 Å². The minimum atomic E-state index is -5.90. The third kappa shape index (κ3) is 4.52. The lowest BCUT2D eigenvalue weighted by Gasteiger charge is -2.38. The van der Waals surface area contributed by atoms with Gasteiger partial charge in [0.1, 0.15) is 10.6 Å². The predicted molar refractivity (Wildman–Crippen MR) is 125 cm³/mol. The Bertz CT molecular complexity index is 1410. The Balaban J connectivity index is 1.58. The largest absolute Gasteiger partial charge is 0.430 e. The van der Waals surface area contributed by atoms with Crippen LogP contribution in [0, 0.1) is 5.82 Å². The molecule has 3 atom stereocenters. The number of hydrogen-bond acceptors (Lipinski definition) is 4. The van der Waals surface area contributed by atoms with Gasteiger partial charge in [-0.3, -0.25) is 0 Å². The Morgan fingerprint density at radius 1 is 0.795 bits per heavy atom. The molecular weight excluding hydrogens is 553 g/mol. The summed E-state index contributed by atoms with van der Waals surface area (Å²) in [7, 11) is -4.25. The quantitative estimate of drug-likeness (QED) is 0.182. The molecule has 0 bridgehead atoms. The fourth-order valence-electron chi connectivity index (χ4n) is 5.23. The van der Waals surface area contributed by atoms with Crippen LogP contribution in [0.25, 0.3) is 0 Å². The predicted octanol–water partition coefficient (Wildman–Crippen LogP) is 6.59. The first kappa shape index (κ1) is 27.6. The van der Waals surface area contributed by atoms with Crippen LogP contribution >= 0.6 is 0 Å². The zero-order valence-electron chi connectivity index (χ0n) is 20.0. The van der Waals surface area contributed by atoms with Gasteiger partial charge in [0.05, 0.1) is 23.7 Å². The SMILES string of the molecule is O=S(=O)(c1ccc(F)cc1)[C@@]1(c2ccc(C(OCc3ccccc3)(C(F)(F)F)C(F)(F)F)cc2)C[C@@H]2O[C@@H]2C1. The summed E-state index contributed by atoms with van der Waals surface area (Å²) >= 11 is 0. The van der Waals surface area contributed by atoms with Gasteiger partial charge >= 0.3 is 12.4 Å². The number of epoxide rings is 1. The van der Waals surface area contributed by atoms with Crippen LogP contribution in [0.5, 0.6) is 0 Å². The molecule has 5 rings (SSSR count). The lowest BCUT2D eigenvalue weighted by Crippen LogP contribution is -2.55. The van der Waals surface area contributed by atoms with Crippen molar-refractivity contribution in [3.63, 3.8) is 0 Å². The fraction of sp³-hybridized carbons (Fsp3) is 0.333. The van der Waals surface area contributed by atoms with E-state index in [0.717, 1.165) is 36.4 Å². The van der Waals surface area contributed by atoms with E-state index >= 15 is 0 Å². The summed E-state index contributed by atoms with van der Waals surface area (Å²) in [5.74, 6) is -0.670. The molecule has 1 heterocycles. The van der Waals surface area contributed by atoms with Crippen molar-refractivity contribution in [2.45, 2.75) is 59.3 Å². The summed E-state index contributed by atoms with van der Waals surface area (Å²) in [5.41, 5.74) is -5.80. The van der Waals surface area contributed by atoms with Crippen molar-refractivity contribution in [2.75, 3.05) is 0 Å². The minimum absolute atomic E-state index is 0.00711. The molecule has 12 heteroatoms. The number of ether oxygens (including phenoxy) is 2. The summed E-state index contributed by atoms with van der Waals surface area (Å²) in [4.78, 5) is -0.222. The van der Waals surface area contributed by atoms with E-state index in [-0.39, 0.29) is 28.9 Å². The molecule has 3 aromatic rings. The van der Waals surface area contributed by atoms with Gasteiger partial charge in [-0.05, 0) is 35.4 Å². The standard InChI is InChI=1S/C27H21F7O4S/c28-20-10-12-21(13-11-20)39(35,36)24(14-22-23(15-24)38-22)18-6-8-19(9-7-18)25(26(29,30)31,27(32,33)34)37-16-17-4-2-1-3-5-17/h1-13,22-23H,14-16H2/t22-,23+,24-. The van der Waals surface area contributed by atoms with E-state index in [9.17, 15) is 39.2 Å². The Morgan fingerprint density at radius 3 is 1.85 bits per heavy atom. The Labute approximate surface area is 219 Å². The van der Waals surface area contributed by atoms with Crippen LogP contribution in [0.3, 0.4) is 0 Å². The van der Waals surface area contributed by atoms with Crippen molar-refractivity contribution in [3.05, 3.63) is 101 Å². The van der Waals surface area contributed by atoms with Crippen molar-refractivity contribution in [1.82, 2.24) is 0 Å². The molecular formula is C27H21F7O4S. The maximum atomic E-state index is 14.2. The molecule has 0 N–H and O–H groups in total. The van der Waals surface area contributed by atoms with Gasteiger partial charge in [0, 0.05) is 18.4 Å². The van der Waals surface area contributed by atoms with Gasteiger partial charge in [-0.1, -0.05) is 54.6 Å². The van der Waals surface area contributed by atoms with Crippen molar-refractivity contribution in [3.8, 4) is 0 Å². The number of rotatable bonds is 7. The molecule has 0 amide bonds. The molecule has 1 saturated heterocycles. The third-order valence-electron chi connectivity index (χ3n) is 7.30. The molecule has 2 fully saturated rings. The van der Waals surface area contributed by atoms with Crippen LogP contribution in [0.2, 0.25) is 0 Å². The number of alkyl halides is 6. The van der Waals surface area contributed by atoms with Crippen LogP contribution < -0.4 is 0 Å². The molecule has 0 radical (unpaired) electrons. The average Bonchev–Trinajstić information content (AvgIpc) is 3.49. The van der Waals surface area contributed by atoms with E-state index < -0.39 is 62.7 Å². The lowest BCUT2D eigenvalue weighted by molar-refractivity contribution is -0.392. The van der Waals surface area contributed by atoms with Crippen molar-refractivity contribution in [2.24, 2.45) is 0 Å². The molecule has 4 nitrogen and oxygen atoms in total. The third-order valence-corrected chi connectivity index (χ3v) is 9.79. The summed E-state index contributed by atoms with van der Waals surface area (Å²) < 4.78 is 135. The normalized spacial score (nSPS) is 23.5. The fourth-order valence-corrected chi connectivity index (χ4v) is 7.39. The summed E-state index contributed by atoms with van der Waals surface area (Å²) in [5, 5.41) is 0. The molecule has 0 spiro atoms. The second-order valence-corrected chi connectivity index (χ2v) is 11.9. The average molecular weight is 575 g/mol. The highest BCUT2D eigenvalue weighted by Crippen LogP contribution is 2.57. The summed E-state index contributed by atoms with van der Waals surface area (Å²) in [6.07, 6.45) is -12.7. The minimum Gasteiger partial charge on any atom is -0.369 e. The van der Waals surface area contributed by atoms with Crippen LogP contribution in [0.4, 0.5) is 30.7 Å². The van der Waals surface area contributed by atoms with Crippen LogP contribution in [-0.4, -0.2) is 33.0 Å². The lowest BCUT2D eigenvalue weighted by atomic mass is 9.88. The maximum Gasteiger partial charge on any atom is 0.430 e. The topological polar surface area (TPSA) is 55.9 Å². The first-order chi connectivity index (χ1) is 18.2. The van der Waals surface area contributed by atoms with Gasteiger partial charge in [-0.25, -0.2) is 12.8 Å². The zero-order valence-corrected chi connectivity index (χ0v) is 20.8. The van der Waals surface area contributed by atoms with Crippen molar-refractivity contribution < 1.29 is 48.6 Å². The first-order valence-corrected chi connectivity index (χ1v) is 13.3. The highest BCUT2D eigenvalue weighted by molar-refractivity contribution is 7.92. The molecule has 1 aliphatic carbocycles. The summed E-state index contributed by atoms with van der Waals surface area (Å²) in [6, 6.07) is 14.3. The van der Waals surface area contributed by atoms with Crippen molar-refractivity contribution >= 4 is 9.84 Å². The molecule has 1 aliphatic heterocycles. The van der Waals surface area contributed by atoms with E-state index in [2.05, 4.69) is 4.74 Å². The van der Waals surface area contributed by atoms with Crippen LogP contribution in [0.1, 0.15) is 29.5 Å². The second-order valence-electron chi connectivity index (χ2n) is 9.60. The van der Waals surface area contributed by atoms with E-state index in [1.807, 2.05) is 0 Å². The van der Waals surface area contributed by atoms with Crippen LogP contribution in [0.15, 0.2) is 83.8 Å². The highest BCUT2D eigenvalue weighted by Gasteiger charge is 2.73. The first-order valence-electron chi connectivity index (χ1n) is 11.8. The Morgan fingerprint density at radius 2 is 1.33 bits per heavy atom. The molecule has 3 aromatic carbocycles. The molecule has 39 heavy (non-hydrogen) atoms. The number of benzene rings is 3. The van der Waals surface area contributed by atoms with E-state index in [1.54, 1.807) is 6.07 Å². The zero-order chi connectivity index (χ0) is 28.3. The molecule has 0 aromatic heterocycles. The van der Waals surface area contributed by atoms with E-state index in [0.29, 0.717) is 12.1 Å². The smallest absolute Gasteiger partial charge is 0.369 e. The van der Waals surface area contributed by atoms with E-state index in [4.69, 9.17) is 4.74 Å². The summed E-state index contributed by atoms with van der Waals surface area (Å²) in [6.45, 7) is -0.981. The number of sulfone groups is 1. The monoisotopic (exact) mass is 574 g/mol. The van der Waals surface area contributed by atoms with Gasteiger partial charge in [-0.2, -0.15) is 26.3 Å². The van der Waals surface area contributed by atoms with Gasteiger partial charge in [0.25, 0.3) is 5.60 Å². The van der Waals surface area contributed by atoms with Gasteiger partial charge in [0.15, 0.2) is 9.84 Å². The molecule has 0 unspecified atom stereocenters. The Kier molecular flexibility index (Phi) is 6.59. The van der Waals surface area contributed by atoms with Crippen LogP contribution in [-0.2, 0) is 36.3 Å². The molecule has 2 aliphatic rings. The van der Waals surface area contributed by atoms with Crippen molar-refractivity contribution in [1.29, 1.82) is 0 Å². The maximum absolute atomic E-state index is 14.2. The van der Waals surface area contributed by atoms with Gasteiger partial charge in [0.2, 0.25) is 0 Å². The number of halogens is 7. The molecule has 208 valence electrons. The Hall–Kier alpha value is -2.96. The number of fused-ring (bicyclic) bond motifs is 1. The van der Waals surface area contributed by atoms with Gasteiger partial charge in [-0.15, -0.1) is 0 Å². The number of hydrogen-bond donors (Lipinski definition) is 0. The second kappa shape index (κ2) is 9.31. The highest BCUT2D eigenvalue weighted by atomic mass is 32.2. The molecule has 1 saturated carbocycles. The van der Waals surface area contributed by atoms with Gasteiger partial charge < -0.3 is 9.47 Å².